The van der Waals surface area contributed by atoms with E-state index in [-0.39, 0.29) is 12.1 Å². The van der Waals surface area contributed by atoms with Gasteiger partial charge in [0, 0.05) is 21.6 Å². The molecule has 1 saturated carbocycles. The number of hydrogen-bond donors (Lipinski definition) is 2. The van der Waals surface area contributed by atoms with Gasteiger partial charge in [0.25, 0.3) is 0 Å². The normalized spacial score (nSPS) is 27.6. The molecule has 0 radical (unpaired) electrons. The molecule has 1 aliphatic carbocycles. The highest BCUT2D eigenvalue weighted by Gasteiger charge is 2.37. The molecule has 100 valence electrons. The number of rotatable bonds is 5. The van der Waals surface area contributed by atoms with Crippen LogP contribution in [0.4, 0.5) is 0 Å². The summed E-state index contributed by atoms with van der Waals surface area (Å²) in [6.07, 6.45) is 3.26. The molecule has 1 fully saturated rings. The first-order valence-corrected chi connectivity index (χ1v) is 7.76. The minimum Gasteiger partial charge on any atom is -0.394 e. The van der Waals surface area contributed by atoms with Crippen molar-refractivity contribution in [3.63, 3.8) is 0 Å². The third-order valence-corrected chi connectivity index (χ3v) is 5.55. The van der Waals surface area contributed by atoms with Gasteiger partial charge in [0.15, 0.2) is 0 Å². The minimum atomic E-state index is -0.0574. The molecule has 2 atom stereocenters. The van der Waals surface area contributed by atoms with Crippen molar-refractivity contribution in [3.8, 4) is 0 Å². The summed E-state index contributed by atoms with van der Waals surface area (Å²) in [6.45, 7) is 0.229. The van der Waals surface area contributed by atoms with Gasteiger partial charge >= 0.3 is 0 Å². The van der Waals surface area contributed by atoms with Crippen molar-refractivity contribution in [1.82, 2.24) is 5.32 Å². The van der Waals surface area contributed by atoms with Crippen LogP contribution in [0, 0.1) is 0 Å². The first kappa shape index (κ1) is 14.2. The van der Waals surface area contributed by atoms with Gasteiger partial charge in [-0.25, -0.2) is 0 Å². The number of nitrogens with one attached hydrogen (secondary N) is 1. The first-order valence-electron chi connectivity index (χ1n) is 6.34. The molecule has 0 bridgehead atoms. The number of aliphatic hydroxyl groups excluding tert-OH is 1. The fraction of sp³-hybridized carbons (Fsp3) is 0.571. The van der Waals surface area contributed by atoms with E-state index in [9.17, 15) is 5.11 Å². The maximum atomic E-state index is 9.47. The highest BCUT2D eigenvalue weighted by atomic mass is 35.5. The smallest absolute Gasteiger partial charge is 0.0613 e. The number of aliphatic hydroxyl groups is 1. The maximum absolute atomic E-state index is 9.47. The van der Waals surface area contributed by atoms with Crippen LogP contribution in [0.2, 0.25) is 5.02 Å². The van der Waals surface area contributed by atoms with Crippen molar-refractivity contribution in [2.24, 2.45) is 0 Å². The third-order valence-electron chi connectivity index (χ3n) is 3.83. The largest absolute Gasteiger partial charge is 0.394 e. The van der Waals surface area contributed by atoms with Crippen molar-refractivity contribution in [1.29, 1.82) is 0 Å². The molecule has 4 heteroatoms. The quantitative estimate of drug-likeness (QED) is 0.872. The second-order valence-corrected chi connectivity index (χ2v) is 6.65. The first-order chi connectivity index (χ1) is 8.69. The Hall–Kier alpha value is -0.220. The van der Waals surface area contributed by atoms with Crippen LogP contribution < -0.4 is 5.32 Å². The van der Waals surface area contributed by atoms with Crippen LogP contribution in [0.15, 0.2) is 24.3 Å². The standard InChI is InChI=1S/C14H20ClNOS/c1-16-14(10-17)7-6-12(8-14)18-9-11-4-2-3-5-13(11)15/h2-5,12,16-17H,6-10H2,1H3. The predicted octanol–water partition coefficient (Wildman–Crippen LogP) is 3.08. The molecule has 1 aromatic rings. The van der Waals surface area contributed by atoms with E-state index < -0.39 is 0 Å². The van der Waals surface area contributed by atoms with Gasteiger partial charge in [0.1, 0.15) is 0 Å². The Labute approximate surface area is 118 Å². The van der Waals surface area contributed by atoms with Crippen molar-refractivity contribution in [2.75, 3.05) is 13.7 Å². The van der Waals surface area contributed by atoms with Crippen LogP contribution in [0.1, 0.15) is 24.8 Å². The average Bonchev–Trinajstić information content (AvgIpc) is 2.82. The highest BCUT2D eigenvalue weighted by Crippen LogP contribution is 2.38. The van der Waals surface area contributed by atoms with E-state index in [1.165, 1.54) is 5.56 Å². The third kappa shape index (κ3) is 3.21. The summed E-state index contributed by atoms with van der Waals surface area (Å²) in [5, 5.41) is 14.2. The fourth-order valence-corrected chi connectivity index (χ4v) is 4.16. The second kappa shape index (κ2) is 6.29. The number of thioether (sulfide) groups is 1. The fourth-order valence-electron chi connectivity index (χ4n) is 2.49. The Morgan fingerprint density at radius 3 is 2.89 bits per heavy atom. The van der Waals surface area contributed by atoms with Crippen LogP contribution in [-0.2, 0) is 5.75 Å². The molecule has 18 heavy (non-hydrogen) atoms. The maximum Gasteiger partial charge on any atom is 0.0613 e. The van der Waals surface area contributed by atoms with Crippen LogP contribution in [-0.4, -0.2) is 29.5 Å². The lowest BCUT2D eigenvalue weighted by molar-refractivity contribution is 0.173. The number of halogens is 1. The summed E-state index contributed by atoms with van der Waals surface area (Å²) in [4.78, 5) is 0. The van der Waals surface area contributed by atoms with Gasteiger partial charge in [0.2, 0.25) is 0 Å². The SMILES string of the molecule is CNC1(CO)CCC(SCc2ccccc2Cl)C1. The Kier molecular flexibility index (Phi) is 4.96. The topological polar surface area (TPSA) is 32.3 Å². The monoisotopic (exact) mass is 285 g/mol. The van der Waals surface area contributed by atoms with E-state index >= 15 is 0 Å². The van der Waals surface area contributed by atoms with Gasteiger partial charge < -0.3 is 10.4 Å². The summed E-state index contributed by atoms with van der Waals surface area (Å²) in [7, 11) is 1.94. The van der Waals surface area contributed by atoms with Gasteiger partial charge in [-0.2, -0.15) is 11.8 Å². The van der Waals surface area contributed by atoms with E-state index in [4.69, 9.17) is 11.6 Å². The molecule has 1 aliphatic rings. The predicted molar refractivity (Wildman–Crippen MR) is 79.3 cm³/mol. The number of hydrogen-bond acceptors (Lipinski definition) is 3. The Morgan fingerprint density at radius 1 is 1.50 bits per heavy atom. The van der Waals surface area contributed by atoms with Gasteiger partial charge in [-0.1, -0.05) is 29.8 Å². The lowest BCUT2D eigenvalue weighted by Gasteiger charge is -2.26. The Balaban J connectivity index is 1.88. The zero-order valence-electron chi connectivity index (χ0n) is 10.7. The zero-order chi connectivity index (χ0) is 13.0. The van der Waals surface area contributed by atoms with Gasteiger partial charge in [-0.3, -0.25) is 0 Å². The molecule has 2 unspecified atom stereocenters. The Morgan fingerprint density at radius 2 is 2.28 bits per heavy atom. The molecular formula is C14H20ClNOS. The molecule has 0 spiro atoms. The summed E-state index contributed by atoms with van der Waals surface area (Å²) in [5.41, 5.74) is 1.15. The van der Waals surface area contributed by atoms with Crippen molar-refractivity contribution in [3.05, 3.63) is 34.9 Å². The second-order valence-electron chi connectivity index (χ2n) is 4.96. The van der Waals surface area contributed by atoms with Crippen LogP contribution in [0.25, 0.3) is 0 Å². The van der Waals surface area contributed by atoms with Crippen molar-refractivity contribution < 1.29 is 5.11 Å². The lowest BCUT2D eigenvalue weighted by atomic mass is 10.00. The van der Waals surface area contributed by atoms with Gasteiger partial charge in [-0.05, 0) is 37.9 Å². The van der Waals surface area contributed by atoms with Crippen molar-refractivity contribution in [2.45, 2.75) is 35.8 Å². The average molecular weight is 286 g/mol. The van der Waals surface area contributed by atoms with Crippen molar-refractivity contribution >= 4 is 23.4 Å². The number of likely N-dealkylation sites (N-methyl/N-ethyl adjacent to an activating group) is 1. The Bertz CT molecular complexity index is 395. The van der Waals surface area contributed by atoms with E-state index in [2.05, 4.69) is 11.4 Å². The van der Waals surface area contributed by atoms with E-state index in [0.29, 0.717) is 5.25 Å². The molecule has 2 rings (SSSR count). The molecule has 0 aliphatic heterocycles. The van der Waals surface area contributed by atoms with E-state index in [0.717, 1.165) is 30.0 Å². The van der Waals surface area contributed by atoms with Gasteiger partial charge in [0.05, 0.1) is 6.61 Å². The summed E-state index contributed by atoms with van der Waals surface area (Å²) in [5.74, 6) is 0.954. The summed E-state index contributed by atoms with van der Waals surface area (Å²) < 4.78 is 0. The van der Waals surface area contributed by atoms with Gasteiger partial charge in [-0.15, -0.1) is 0 Å². The zero-order valence-corrected chi connectivity index (χ0v) is 12.2. The molecule has 2 nitrogen and oxygen atoms in total. The molecule has 2 N–H and O–H groups in total. The summed E-state index contributed by atoms with van der Waals surface area (Å²) in [6, 6.07) is 8.02. The molecular weight excluding hydrogens is 266 g/mol. The highest BCUT2D eigenvalue weighted by molar-refractivity contribution is 7.99. The molecule has 0 heterocycles. The van der Waals surface area contributed by atoms with Crippen LogP contribution >= 0.6 is 23.4 Å². The minimum absolute atomic E-state index is 0.0574. The summed E-state index contributed by atoms with van der Waals surface area (Å²) >= 11 is 8.10. The van der Waals surface area contributed by atoms with E-state index in [1.807, 2.05) is 37.0 Å². The molecule has 1 aromatic carbocycles. The molecule has 0 aromatic heterocycles. The lowest BCUT2D eigenvalue weighted by Crippen LogP contribution is -2.44. The molecule has 0 amide bonds. The number of benzene rings is 1. The molecule has 0 saturated heterocycles. The van der Waals surface area contributed by atoms with Crippen LogP contribution in [0.5, 0.6) is 0 Å². The van der Waals surface area contributed by atoms with E-state index in [1.54, 1.807) is 0 Å². The van der Waals surface area contributed by atoms with Crippen LogP contribution in [0.3, 0.4) is 0 Å².